The van der Waals surface area contributed by atoms with Crippen molar-refractivity contribution >= 4 is 33.2 Å². The van der Waals surface area contributed by atoms with E-state index in [1.165, 1.54) is 6.08 Å². The number of rotatable bonds is 1. The van der Waals surface area contributed by atoms with Gasteiger partial charge in [-0.1, -0.05) is 0 Å². The van der Waals surface area contributed by atoms with Gasteiger partial charge in [-0.3, -0.25) is 0 Å². The summed E-state index contributed by atoms with van der Waals surface area (Å²) in [6.07, 6.45) is 3.32. The molecule has 2 heterocycles. The highest BCUT2D eigenvalue weighted by molar-refractivity contribution is 9.10. The molecule has 0 aromatic carbocycles. The Balaban J connectivity index is 2.76. The lowest BCUT2D eigenvalue weighted by atomic mass is 10.4. The molecule has 0 N–H and O–H groups in total. The molecule has 0 aliphatic heterocycles. The molecule has 0 atom stereocenters. The molecule has 0 spiro atoms. The predicted molar refractivity (Wildman–Crippen MR) is 55.4 cm³/mol. The van der Waals surface area contributed by atoms with E-state index < -0.39 is 0 Å². The molecule has 4 nitrogen and oxygen atoms in total. The number of pyridine rings is 1. The van der Waals surface area contributed by atoms with Crippen LogP contribution in [0.5, 0.6) is 0 Å². The number of hydrogen-bond donors (Lipinski definition) is 0. The minimum atomic E-state index is 0.577. The highest BCUT2D eigenvalue weighted by Gasteiger charge is 2.05. The Morgan fingerprint density at radius 1 is 1.64 bits per heavy atom. The molecule has 2 rings (SSSR count). The van der Waals surface area contributed by atoms with Crippen molar-refractivity contribution in [3.63, 3.8) is 0 Å². The van der Waals surface area contributed by atoms with Crippen molar-refractivity contribution in [2.24, 2.45) is 4.99 Å². The van der Waals surface area contributed by atoms with Crippen LogP contribution in [0.15, 0.2) is 27.9 Å². The largest absolute Gasteiger partial charge is 0.303 e. The van der Waals surface area contributed by atoms with Gasteiger partial charge >= 0.3 is 0 Å². The summed E-state index contributed by atoms with van der Waals surface area (Å²) in [4.78, 5) is 17.8. The van der Waals surface area contributed by atoms with Gasteiger partial charge in [-0.05, 0) is 35.0 Å². The zero-order chi connectivity index (χ0) is 10.1. The number of aryl methyl sites for hydroxylation is 1. The number of fused-ring (bicyclic) bond motifs is 1. The maximum Gasteiger partial charge on any atom is 0.240 e. The summed E-state index contributed by atoms with van der Waals surface area (Å²) in [5.41, 5.74) is 1.46. The van der Waals surface area contributed by atoms with Gasteiger partial charge in [0.15, 0.2) is 0 Å². The van der Waals surface area contributed by atoms with Crippen LogP contribution in [-0.4, -0.2) is 15.5 Å². The summed E-state index contributed by atoms with van der Waals surface area (Å²) in [5.74, 6) is 0.883. The average molecular weight is 252 g/mol. The molecular weight excluding hydrogens is 246 g/mol. The summed E-state index contributed by atoms with van der Waals surface area (Å²) in [6, 6.07) is 3.51. The molecule has 14 heavy (non-hydrogen) atoms. The van der Waals surface area contributed by atoms with Crippen LogP contribution >= 0.6 is 15.9 Å². The van der Waals surface area contributed by atoms with Gasteiger partial charge in [-0.2, -0.15) is 4.99 Å². The van der Waals surface area contributed by atoms with E-state index in [0.29, 0.717) is 5.69 Å². The fourth-order valence-corrected chi connectivity index (χ4v) is 1.87. The maximum atomic E-state index is 10.1. The van der Waals surface area contributed by atoms with E-state index in [1.807, 2.05) is 17.5 Å². The number of aliphatic imine (C=N–C) groups is 1. The van der Waals surface area contributed by atoms with Gasteiger partial charge in [0, 0.05) is 6.20 Å². The van der Waals surface area contributed by atoms with Crippen molar-refractivity contribution in [1.82, 2.24) is 9.38 Å². The SMILES string of the molecule is Cc1nc(Br)c2cc(N=C=O)ccn12. The van der Waals surface area contributed by atoms with Crippen LogP contribution < -0.4 is 0 Å². The van der Waals surface area contributed by atoms with Gasteiger partial charge in [0.25, 0.3) is 0 Å². The van der Waals surface area contributed by atoms with Crippen LogP contribution in [0.2, 0.25) is 0 Å². The molecule has 0 fully saturated rings. The lowest BCUT2D eigenvalue weighted by molar-refractivity contribution is 0.565. The zero-order valence-corrected chi connectivity index (χ0v) is 8.95. The van der Waals surface area contributed by atoms with E-state index in [0.717, 1.165) is 15.9 Å². The van der Waals surface area contributed by atoms with Crippen LogP contribution in [0.3, 0.4) is 0 Å². The number of carbonyl (C=O) groups excluding carboxylic acids is 1. The molecule has 0 saturated heterocycles. The lowest BCUT2D eigenvalue weighted by Gasteiger charge is -1.96. The molecule has 0 amide bonds. The van der Waals surface area contributed by atoms with Gasteiger partial charge in [0.1, 0.15) is 10.4 Å². The van der Waals surface area contributed by atoms with E-state index in [4.69, 9.17) is 0 Å². The molecule has 0 saturated carbocycles. The smallest absolute Gasteiger partial charge is 0.240 e. The number of aromatic nitrogens is 2. The quantitative estimate of drug-likeness (QED) is 0.577. The molecule has 70 valence electrons. The third-order valence-electron chi connectivity index (χ3n) is 1.93. The maximum absolute atomic E-state index is 10.1. The number of hydrogen-bond acceptors (Lipinski definition) is 3. The van der Waals surface area contributed by atoms with Gasteiger partial charge in [-0.25, -0.2) is 9.78 Å². The first-order valence-corrected chi connectivity index (χ1v) is 4.74. The Labute approximate surface area is 88.4 Å². The monoisotopic (exact) mass is 251 g/mol. The fraction of sp³-hybridized carbons (Fsp3) is 0.111. The van der Waals surface area contributed by atoms with Gasteiger partial charge in [0.2, 0.25) is 6.08 Å². The molecule has 0 unspecified atom stereocenters. The Morgan fingerprint density at radius 2 is 2.43 bits per heavy atom. The predicted octanol–water partition coefficient (Wildman–Crippen LogP) is 2.37. The normalized spacial score (nSPS) is 10.1. The van der Waals surface area contributed by atoms with Crippen molar-refractivity contribution in [2.45, 2.75) is 6.92 Å². The third kappa shape index (κ3) is 1.36. The van der Waals surface area contributed by atoms with Crippen LogP contribution in [0.1, 0.15) is 5.82 Å². The minimum Gasteiger partial charge on any atom is -0.303 e. The molecule has 2 aromatic rings. The first-order valence-electron chi connectivity index (χ1n) is 3.94. The second kappa shape index (κ2) is 3.36. The average Bonchev–Trinajstić information content (AvgIpc) is 2.43. The van der Waals surface area contributed by atoms with Crippen molar-refractivity contribution < 1.29 is 4.79 Å². The minimum absolute atomic E-state index is 0.577. The Bertz CT molecular complexity index is 540. The van der Waals surface area contributed by atoms with Gasteiger partial charge in [0.05, 0.1) is 11.2 Å². The van der Waals surface area contributed by atoms with Gasteiger partial charge < -0.3 is 4.40 Å². The van der Waals surface area contributed by atoms with E-state index >= 15 is 0 Å². The van der Waals surface area contributed by atoms with E-state index in [-0.39, 0.29) is 0 Å². The number of halogens is 1. The number of nitrogens with zero attached hydrogens (tertiary/aromatic N) is 3. The molecule has 0 radical (unpaired) electrons. The van der Waals surface area contributed by atoms with Crippen LogP contribution in [-0.2, 0) is 4.79 Å². The molecule has 2 aromatic heterocycles. The van der Waals surface area contributed by atoms with E-state index in [2.05, 4.69) is 25.9 Å². The summed E-state index contributed by atoms with van der Waals surface area (Å²) >= 11 is 3.33. The third-order valence-corrected chi connectivity index (χ3v) is 2.52. The van der Waals surface area contributed by atoms with E-state index in [1.54, 1.807) is 12.1 Å². The van der Waals surface area contributed by atoms with Crippen LogP contribution in [0, 0.1) is 6.92 Å². The van der Waals surface area contributed by atoms with Crippen molar-refractivity contribution in [3.05, 3.63) is 28.8 Å². The van der Waals surface area contributed by atoms with Crippen LogP contribution in [0.4, 0.5) is 5.69 Å². The highest BCUT2D eigenvalue weighted by Crippen LogP contribution is 2.22. The van der Waals surface area contributed by atoms with Crippen molar-refractivity contribution in [2.75, 3.05) is 0 Å². The second-order valence-electron chi connectivity index (χ2n) is 2.79. The van der Waals surface area contributed by atoms with Gasteiger partial charge in [-0.15, -0.1) is 0 Å². The molecule has 0 aliphatic carbocycles. The standard InChI is InChI=1S/C9H6BrN3O/c1-6-12-9(10)8-4-7(11-5-14)2-3-13(6)8/h2-4H,1H3. The summed E-state index contributed by atoms with van der Waals surface area (Å²) in [6.45, 7) is 1.90. The highest BCUT2D eigenvalue weighted by atomic mass is 79.9. The van der Waals surface area contributed by atoms with Crippen LogP contribution in [0.25, 0.3) is 5.52 Å². The number of imidazole rings is 1. The molecule has 0 aliphatic rings. The number of isocyanates is 1. The topological polar surface area (TPSA) is 46.7 Å². The summed E-state index contributed by atoms with van der Waals surface area (Å²) in [7, 11) is 0. The summed E-state index contributed by atoms with van der Waals surface area (Å²) in [5, 5.41) is 0. The van der Waals surface area contributed by atoms with Crippen molar-refractivity contribution in [3.8, 4) is 0 Å². The summed E-state index contributed by atoms with van der Waals surface area (Å²) < 4.78 is 2.66. The molecule has 0 bridgehead atoms. The zero-order valence-electron chi connectivity index (χ0n) is 7.36. The Morgan fingerprint density at radius 3 is 3.14 bits per heavy atom. The van der Waals surface area contributed by atoms with E-state index in [9.17, 15) is 4.79 Å². The molecular formula is C9H6BrN3O. The Hall–Kier alpha value is -1.45. The first-order chi connectivity index (χ1) is 6.72. The first kappa shape index (κ1) is 9.12. The van der Waals surface area contributed by atoms with Crippen molar-refractivity contribution in [1.29, 1.82) is 0 Å². The fourth-order valence-electron chi connectivity index (χ4n) is 1.31. The second-order valence-corrected chi connectivity index (χ2v) is 3.54. The molecule has 5 heteroatoms. The lowest BCUT2D eigenvalue weighted by Crippen LogP contribution is -1.85. The Kier molecular flexibility index (Phi) is 2.19.